The number of amides is 1. The molecule has 0 bridgehead atoms. The summed E-state index contributed by atoms with van der Waals surface area (Å²) in [6.07, 6.45) is 2.56. The Balaban J connectivity index is 1.31. The van der Waals surface area contributed by atoms with Gasteiger partial charge in [0.05, 0.1) is 24.5 Å². The van der Waals surface area contributed by atoms with Crippen LogP contribution in [0.5, 0.6) is 0 Å². The molecular formula is C22H25FN4O2. The summed E-state index contributed by atoms with van der Waals surface area (Å²) >= 11 is 0. The van der Waals surface area contributed by atoms with Crippen molar-refractivity contribution in [2.24, 2.45) is 0 Å². The molecule has 2 aromatic rings. The van der Waals surface area contributed by atoms with Gasteiger partial charge in [-0.15, -0.1) is 0 Å². The number of morpholine rings is 1. The van der Waals surface area contributed by atoms with Crippen LogP contribution >= 0.6 is 0 Å². The first-order valence-corrected chi connectivity index (χ1v) is 9.92. The van der Waals surface area contributed by atoms with E-state index in [0.717, 1.165) is 50.5 Å². The Labute approximate surface area is 169 Å². The normalized spacial score (nSPS) is 17.8. The zero-order valence-corrected chi connectivity index (χ0v) is 16.2. The molecule has 1 fully saturated rings. The van der Waals surface area contributed by atoms with Crippen LogP contribution in [0.3, 0.4) is 0 Å². The van der Waals surface area contributed by atoms with E-state index in [-0.39, 0.29) is 11.7 Å². The summed E-state index contributed by atoms with van der Waals surface area (Å²) in [7, 11) is 0. The molecule has 29 heavy (non-hydrogen) atoms. The average molecular weight is 396 g/mol. The van der Waals surface area contributed by atoms with Gasteiger partial charge >= 0.3 is 0 Å². The predicted molar refractivity (Wildman–Crippen MR) is 113 cm³/mol. The number of hydrogen-bond donors (Lipinski definition) is 3. The van der Waals surface area contributed by atoms with Crippen LogP contribution in [-0.4, -0.2) is 50.2 Å². The molecule has 1 amide bonds. The molecular weight excluding hydrogens is 371 g/mol. The number of fused-ring (bicyclic) bond motifs is 1. The van der Waals surface area contributed by atoms with Crippen LogP contribution in [0.4, 0.5) is 21.5 Å². The summed E-state index contributed by atoms with van der Waals surface area (Å²) in [4.78, 5) is 14.5. The number of benzene rings is 2. The average Bonchev–Trinajstić information content (AvgIpc) is 3.06. The molecule has 0 aromatic heterocycles. The van der Waals surface area contributed by atoms with Crippen molar-refractivity contribution in [3.63, 3.8) is 0 Å². The fraction of sp³-hybridized carbons (Fsp3) is 0.318. The van der Waals surface area contributed by atoms with Gasteiger partial charge in [0.15, 0.2) is 0 Å². The quantitative estimate of drug-likeness (QED) is 0.495. The second-order valence-electron chi connectivity index (χ2n) is 7.13. The fourth-order valence-corrected chi connectivity index (χ4v) is 3.54. The summed E-state index contributed by atoms with van der Waals surface area (Å²) in [5.74, 6) is -0.492. The highest BCUT2D eigenvalue weighted by Gasteiger charge is 2.23. The van der Waals surface area contributed by atoms with E-state index in [2.05, 4.69) is 20.9 Å². The Morgan fingerprint density at radius 2 is 2.00 bits per heavy atom. The second kappa shape index (κ2) is 9.07. The number of rotatable bonds is 7. The van der Waals surface area contributed by atoms with Crippen LogP contribution < -0.4 is 16.0 Å². The van der Waals surface area contributed by atoms with Crippen molar-refractivity contribution >= 4 is 28.5 Å². The van der Waals surface area contributed by atoms with Crippen LogP contribution in [0.25, 0.3) is 5.57 Å². The van der Waals surface area contributed by atoms with E-state index in [1.54, 1.807) is 18.3 Å². The zero-order valence-electron chi connectivity index (χ0n) is 16.2. The first kappa shape index (κ1) is 19.4. The molecule has 0 unspecified atom stereocenters. The maximum absolute atomic E-state index is 14.4. The highest BCUT2D eigenvalue weighted by molar-refractivity contribution is 6.31. The Bertz CT molecular complexity index is 909. The Morgan fingerprint density at radius 3 is 2.83 bits per heavy atom. The Hall–Kier alpha value is -2.90. The third kappa shape index (κ3) is 4.75. The lowest BCUT2D eigenvalue weighted by Gasteiger charge is -2.26. The molecule has 4 rings (SSSR count). The van der Waals surface area contributed by atoms with E-state index in [4.69, 9.17) is 4.74 Å². The summed E-state index contributed by atoms with van der Waals surface area (Å²) in [6, 6.07) is 12.4. The highest BCUT2D eigenvalue weighted by Crippen LogP contribution is 2.31. The van der Waals surface area contributed by atoms with Gasteiger partial charge in [0.1, 0.15) is 5.82 Å². The number of ether oxygens (including phenoxy) is 1. The van der Waals surface area contributed by atoms with E-state index < -0.39 is 0 Å². The van der Waals surface area contributed by atoms with Gasteiger partial charge in [-0.1, -0.05) is 18.2 Å². The second-order valence-corrected chi connectivity index (χ2v) is 7.13. The van der Waals surface area contributed by atoms with Crippen molar-refractivity contribution in [1.82, 2.24) is 4.90 Å². The van der Waals surface area contributed by atoms with E-state index in [1.807, 2.05) is 24.3 Å². The van der Waals surface area contributed by atoms with E-state index >= 15 is 0 Å². The SMILES string of the molecule is O=C1Nc2ccccc2C1=CNc1ccc(NCCCN2CCOCC2)c(F)c1. The maximum atomic E-state index is 14.4. The molecule has 1 saturated heterocycles. The van der Waals surface area contributed by atoms with Crippen molar-refractivity contribution < 1.29 is 13.9 Å². The number of carbonyl (C=O) groups is 1. The van der Waals surface area contributed by atoms with Crippen molar-refractivity contribution in [1.29, 1.82) is 0 Å². The minimum absolute atomic E-state index is 0.169. The minimum atomic E-state index is -0.323. The number of para-hydroxylation sites is 1. The molecule has 3 N–H and O–H groups in total. The maximum Gasteiger partial charge on any atom is 0.257 e. The predicted octanol–water partition coefficient (Wildman–Crippen LogP) is 3.37. The number of hydrogen-bond acceptors (Lipinski definition) is 5. The first-order chi connectivity index (χ1) is 14.2. The lowest BCUT2D eigenvalue weighted by Crippen LogP contribution is -2.37. The molecule has 0 aliphatic carbocycles. The van der Waals surface area contributed by atoms with Gasteiger partial charge in [0.25, 0.3) is 5.91 Å². The molecule has 6 nitrogen and oxygen atoms in total. The third-order valence-electron chi connectivity index (χ3n) is 5.13. The molecule has 0 spiro atoms. The number of nitrogens with zero attached hydrogens (tertiary/aromatic N) is 1. The molecule has 2 aromatic carbocycles. The van der Waals surface area contributed by atoms with Crippen LogP contribution in [0, 0.1) is 5.82 Å². The molecule has 0 radical (unpaired) electrons. The lowest BCUT2D eigenvalue weighted by atomic mass is 10.1. The van der Waals surface area contributed by atoms with Gasteiger partial charge in [0.2, 0.25) is 0 Å². The Morgan fingerprint density at radius 1 is 1.17 bits per heavy atom. The number of anilines is 3. The Kier molecular flexibility index (Phi) is 6.07. The van der Waals surface area contributed by atoms with E-state index in [9.17, 15) is 9.18 Å². The number of nitrogens with one attached hydrogen (secondary N) is 3. The van der Waals surface area contributed by atoms with Gasteiger partial charge in [-0.25, -0.2) is 4.39 Å². The molecule has 2 heterocycles. The van der Waals surface area contributed by atoms with Crippen molar-refractivity contribution in [3.8, 4) is 0 Å². The van der Waals surface area contributed by atoms with Crippen molar-refractivity contribution in [2.75, 3.05) is 55.3 Å². The van der Waals surface area contributed by atoms with E-state index in [1.165, 1.54) is 6.07 Å². The fourth-order valence-electron chi connectivity index (χ4n) is 3.54. The van der Waals surface area contributed by atoms with Gasteiger partial charge in [-0.2, -0.15) is 0 Å². The van der Waals surface area contributed by atoms with Crippen LogP contribution in [0.2, 0.25) is 0 Å². The van der Waals surface area contributed by atoms with Crippen LogP contribution in [0.15, 0.2) is 48.7 Å². The largest absolute Gasteiger partial charge is 0.383 e. The standard InChI is InChI=1S/C22H25FN4O2/c23-19-14-16(25-15-18-17-4-1-2-5-20(17)26-22(18)28)6-7-21(19)24-8-3-9-27-10-12-29-13-11-27/h1-2,4-7,14-15,24-25H,3,8-13H2,(H,26,28). The van der Waals surface area contributed by atoms with Crippen LogP contribution in [-0.2, 0) is 9.53 Å². The van der Waals surface area contributed by atoms with Crippen molar-refractivity contribution in [3.05, 3.63) is 60.0 Å². The van der Waals surface area contributed by atoms with Gasteiger partial charge in [-0.3, -0.25) is 9.69 Å². The molecule has 0 atom stereocenters. The highest BCUT2D eigenvalue weighted by atomic mass is 19.1. The smallest absolute Gasteiger partial charge is 0.257 e. The minimum Gasteiger partial charge on any atom is -0.383 e. The van der Waals surface area contributed by atoms with Crippen molar-refractivity contribution in [2.45, 2.75) is 6.42 Å². The summed E-state index contributed by atoms with van der Waals surface area (Å²) in [6.45, 7) is 5.20. The summed E-state index contributed by atoms with van der Waals surface area (Å²) in [5.41, 5.74) is 3.23. The molecule has 0 saturated carbocycles. The van der Waals surface area contributed by atoms with Crippen LogP contribution in [0.1, 0.15) is 12.0 Å². The zero-order chi connectivity index (χ0) is 20.1. The molecule has 152 valence electrons. The first-order valence-electron chi connectivity index (χ1n) is 9.92. The van der Waals surface area contributed by atoms with Gasteiger partial charge in [0, 0.05) is 42.8 Å². The topological polar surface area (TPSA) is 65.6 Å². The third-order valence-corrected chi connectivity index (χ3v) is 5.13. The summed E-state index contributed by atoms with van der Waals surface area (Å²) < 4.78 is 19.8. The number of carbonyl (C=O) groups excluding carboxylic acids is 1. The van der Waals surface area contributed by atoms with Gasteiger partial charge < -0.3 is 20.7 Å². The molecule has 2 aliphatic heterocycles. The lowest BCUT2D eigenvalue weighted by molar-refractivity contribution is -0.110. The monoisotopic (exact) mass is 396 g/mol. The molecule has 7 heteroatoms. The van der Waals surface area contributed by atoms with Gasteiger partial charge in [-0.05, 0) is 37.2 Å². The number of halogens is 1. The molecule has 2 aliphatic rings. The summed E-state index contributed by atoms with van der Waals surface area (Å²) in [5, 5.41) is 9.00. The van der Waals surface area contributed by atoms with E-state index in [0.29, 0.717) is 23.5 Å².